The van der Waals surface area contributed by atoms with Gasteiger partial charge in [0.1, 0.15) is 5.82 Å². The molecule has 102 valence electrons. The number of hydrogen-bond donors (Lipinski definition) is 1. The van der Waals surface area contributed by atoms with Gasteiger partial charge in [-0.2, -0.15) is 4.98 Å². The summed E-state index contributed by atoms with van der Waals surface area (Å²) in [7, 11) is 0. The molecule has 0 aliphatic rings. The molecule has 1 aromatic carbocycles. The van der Waals surface area contributed by atoms with Crippen LogP contribution in [-0.2, 0) is 6.42 Å². The Kier molecular flexibility index (Phi) is 4.66. The second-order valence-electron chi connectivity index (χ2n) is 4.35. The lowest BCUT2D eigenvalue weighted by Crippen LogP contribution is -2.15. The van der Waals surface area contributed by atoms with Gasteiger partial charge in [0.15, 0.2) is 0 Å². The summed E-state index contributed by atoms with van der Waals surface area (Å²) >= 11 is 3.29. The summed E-state index contributed by atoms with van der Waals surface area (Å²) in [5, 5.41) is 3.92. The predicted octanol–water partition coefficient (Wildman–Crippen LogP) is 3.17. The minimum atomic E-state index is -0.312. The molecule has 4 nitrogen and oxygen atoms in total. The lowest BCUT2D eigenvalue weighted by atomic mass is 10.0. The number of hydrogen-bond acceptors (Lipinski definition) is 4. The van der Waals surface area contributed by atoms with Crippen LogP contribution in [0, 0.1) is 11.7 Å². The van der Waals surface area contributed by atoms with E-state index < -0.39 is 0 Å². The summed E-state index contributed by atoms with van der Waals surface area (Å²) in [5.74, 6) is 1.04. The summed E-state index contributed by atoms with van der Waals surface area (Å²) in [6, 6.07) is 4.36. The third-order valence-corrected chi connectivity index (χ3v) is 3.67. The van der Waals surface area contributed by atoms with Crippen LogP contribution in [0.3, 0.4) is 0 Å². The average Bonchev–Trinajstić information content (AvgIpc) is 2.84. The largest absolute Gasteiger partial charge is 0.339 e. The Bertz CT molecular complexity index is 555. The maximum atomic E-state index is 13.0. The van der Waals surface area contributed by atoms with Crippen molar-refractivity contribution in [1.29, 1.82) is 0 Å². The van der Waals surface area contributed by atoms with Crippen molar-refractivity contribution in [2.24, 2.45) is 11.7 Å². The van der Waals surface area contributed by atoms with Crippen molar-refractivity contribution in [3.63, 3.8) is 0 Å². The Morgan fingerprint density at radius 3 is 2.89 bits per heavy atom. The zero-order chi connectivity index (χ0) is 13.8. The first-order valence-corrected chi connectivity index (χ1v) is 6.91. The van der Waals surface area contributed by atoms with Crippen LogP contribution in [0.5, 0.6) is 0 Å². The van der Waals surface area contributed by atoms with E-state index in [0.717, 1.165) is 6.42 Å². The lowest BCUT2D eigenvalue weighted by molar-refractivity contribution is 0.350. The highest BCUT2D eigenvalue weighted by Gasteiger charge is 2.15. The number of halogens is 2. The number of nitrogens with two attached hydrogens (primary N) is 1. The fraction of sp³-hybridized carbons (Fsp3) is 0.385. The first kappa shape index (κ1) is 14.1. The summed E-state index contributed by atoms with van der Waals surface area (Å²) in [5.41, 5.74) is 6.36. The van der Waals surface area contributed by atoms with Crippen molar-refractivity contribution in [3.8, 4) is 11.4 Å². The van der Waals surface area contributed by atoms with E-state index in [9.17, 15) is 4.39 Å². The SMILES string of the molecule is CCC(CN)Cc1nc(-c2ccc(F)cc2Br)no1. The molecule has 1 aromatic heterocycles. The number of benzene rings is 1. The minimum absolute atomic E-state index is 0.312. The topological polar surface area (TPSA) is 64.9 Å². The molecule has 19 heavy (non-hydrogen) atoms. The third-order valence-electron chi connectivity index (χ3n) is 3.01. The summed E-state index contributed by atoms with van der Waals surface area (Å²) in [4.78, 5) is 4.32. The van der Waals surface area contributed by atoms with E-state index in [1.807, 2.05) is 0 Å². The monoisotopic (exact) mass is 327 g/mol. The van der Waals surface area contributed by atoms with Crippen molar-refractivity contribution in [2.75, 3.05) is 6.54 Å². The molecule has 0 aliphatic carbocycles. The highest BCUT2D eigenvalue weighted by atomic mass is 79.9. The normalized spacial score (nSPS) is 12.6. The summed E-state index contributed by atoms with van der Waals surface area (Å²) in [6.07, 6.45) is 1.63. The van der Waals surface area contributed by atoms with Crippen molar-refractivity contribution >= 4 is 15.9 Å². The molecular formula is C13H15BrFN3O. The van der Waals surface area contributed by atoms with Gasteiger partial charge < -0.3 is 10.3 Å². The number of aromatic nitrogens is 2. The van der Waals surface area contributed by atoms with Crippen molar-refractivity contribution in [1.82, 2.24) is 10.1 Å². The molecule has 1 unspecified atom stereocenters. The maximum absolute atomic E-state index is 13.0. The van der Waals surface area contributed by atoms with Gasteiger partial charge in [0.05, 0.1) is 0 Å². The van der Waals surface area contributed by atoms with Gasteiger partial charge in [0.2, 0.25) is 11.7 Å². The van der Waals surface area contributed by atoms with Crippen LogP contribution in [0.1, 0.15) is 19.2 Å². The second kappa shape index (κ2) is 6.25. The molecular weight excluding hydrogens is 313 g/mol. The average molecular weight is 328 g/mol. The summed E-state index contributed by atoms with van der Waals surface area (Å²) in [6.45, 7) is 2.67. The molecule has 1 atom stereocenters. The van der Waals surface area contributed by atoms with E-state index >= 15 is 0 Å². The lowest BCUT2D eigenvalue weighted by Gasteiger charge is -2.07. The van der Waals surface area contributed by atoms with Gasteiger partial charge in [-0.15, -0.1) is 0 Å². The fourth-order valence-electron chi connectivity index (χ4n) is 1.76. The Balaban J connectivity index is 2.20. The van der Waals surface area contributed by atoms with E-state index in [2.05, 4.69) is 33.0 Å². The van der Waals surface area contributed by atoms with E-state index in [0.29, 0.717) is 40.6 Å². The molecule has 0 fully saturated rings. The van der Waals surface area contributed by atoms with Crippen LogP contribution in [-0.4, -0.2) is 16.7 Å². The van der Waals surface area contributed by atoms with E-state index in [1.54, 1.807) is 6.07 Å². The zero-order valence-corrected chi connectivity index (χ0v) is 12.2. The van der Waals surface area contributed by atoms with Gasteiger partial charge in [0.25, 0.3) is 0 Å². The Hall–Kier alpha value is -1.27. The smallest absolute Gasteiger partial charge is 0.227 e. The standard InChI is InChI=1S/C13H15BrFN3O/c1-2-8(7-16)5-12-17-13(18-19-12)10-4-3-9(15)6-11(10)14/h3-4,6,8H,2,5,7,16H2,1H3. The highest BCUT2D eigenvalue weighted by Crippen LogP contribution is 2.27. The van der Waals surface area contributed by atoms with Crippen LogP contribution >= 0.6 is 15.9 Å². The third kappa shape index (κ3) is 3.39. The molecule has 0 bridgehead atoms. The van der Waals surface area contributed by atoms with Gasteiger partial charge in [-0.05, 0) is 46.6 Å². The fourth-order valence-corrected chi connectivity index (χ4v) is 2.29. The van der Waals surface area contributed by atoms with Gasteiger partial charge in [-0.25, -0.2) is 4.39 Å². The number of rotatable bonds is 5. The van der Waals surface area contributed by atoms with Crippen molar-refractivity contribution in [3.05, 3.63) is 34.4 Å². The molecule has 2 rings (SSSR count). The van der Waals surface area contributed by atoms with E-state index in [1.165, 1.54) is 12.1 Å². The van der Waals surface area contributed by atoms with Gasteiger partial charge >= 0.3 is 0 Å². The van der Waals surface area contributed by atoms with Crippen molar-refractivity contribution in [2.45, 2.75) is 19.8 Å². The molecule has 0 saturated carbocycles. The van der Waals surface area contributed by atoms with Crippen molar-refractivity contribution < 1.29 is 8.91 Å². The second-order valence-corrected chi connectivity index (χ2v) is 5.20. The predicted molar refractivity (Wildman–Crippen MR) is 73.9 cm³/mol. The first-order chi connectivity index (χ1) is 9.13. The van der Waals surface area contributed by atoms with Crippen LogP contribution in [0.2, 0.25) is 0 Å². The molecule has 2 N–H and O–H groups in total. The first-order valence-electron chi connectivity index (χ1n) is 6.12. The molecule has 0 radical (unpaired) electrons. The van der Waals surface area contributed by atoms with Crippen LogP contribution in [0.25, 0.3) is 11.4 Å². The minimum Gasteiger partial charge on any atom is -0.339 e. The molecule has 2 aromatic rings. The molecule has 0 aliphatic heterocycles. The quantitative estimate of drug-likeness (QED) is 0.916. The van der Waals surface area contributed by atoms with Gasteiger partial charge in [-0.3, -0.25) is 0 Å². The van der Waals surface area contributed by atoms with Gasteiger partial charge in [-0.1, -0.05) is 18.5 Å². The Morgan fingerprint density at radius 2 is 2.26 bits per heavy atom. The van der Waals surface area contributed by atoms with E-state index in [4.69, 9.17) is 10.3 Å². The highest BCUT2D eigenvalue weighted by molar-refractivity contribution is 9.10. The van der Waals surface area contributed by atoms with Crippen LogP contribution < -0.4 is 5.73 Å². The Morgan fingerprint density at radius 1 is 1.47 bits per heavy atom. The zero-order valence-electron chi connectivity index (χ0n) is 10.6. The van der Waals surface area contributed by atoms with Gasteiger partial charge in [0, 0.05) is 16.5 Å². The Labute approximate surface area is 119 Å². The molecule has 0 spiro atoms. The molecule has 1 heterocycles. The molecule has 0 saturated heterocycles. The summed E-state index contributed by atoms with van der Waals surface area (Å²) < 4.78 is 18.8. The number of nitrogens with zero attached hydrogens (tertiary/aromatic N) is 2. The molecule has 0 amide bonds. The van der Waals surface area contributed by atoms with Crippen LogP contribution in [0.4, 0.5) is 4.39 Å². The maximum Gasteiger partial charge on any atom is 0.227 e. The van der Waals surface area contributed by atoms with E-state index in [-0.39, 0.29) is 5.82 Å². The van der Waals surface area contributed by atoms with Crippen LogP contribution in [0.15, 0.2) is 27.2 Å². The molecule has 6 heteroatoms.